The highest BCUT2D eigenvalue weighted by Crippen LogP contribution is 2.37. The van der Waals surface area contributed by atoms with Gasteiger partial charge in [-0.15, -0.1) is 11.3 Å². The van der Waals surface area contributed by atoms with Gasteiger partial charge < -0.3 is 0 Å². The van der Waals surface area contributed by atoms with E-state index in [0.717, 1.165) is 6.20 Å². The molecule has 0 amide bonds. The maximum atomic E-state index is 13.1. The van der Waals surface area contributed by atoms with Crippen LogP contribution in [0.3, 0.4) is 0 Å². The van der Waals surface area contributed by atoms with Crippen LogP contribution in [-0.4, -0.2) is 4.98 Å². The SMILES string of the molecule is NNC(c1cncc(F)c1)c1cc(Cl)sc1Cl. The smallest absolute Gasteiger partial charge is 0.141 e. The summed E-state index contributed by atoms with van der Waals surface area (Å²) in [5.74, 6) is 5.04. The highest BCUT2D eigenvalue weighted by molar-refractivity contribution is 7.20. The van der Waals surface area contributed by atoms with Gasteiger partial charge in [-0.25, -0.2) is 9.82 Å². The van der Waals surface area contributed by atoms with Crippen LogP contribution in [0.2, 0.25) is 8.67 Å². The van der Waals surface area contributed by atoms with Crippen LogP contribution in [0.4, 0.5) is 4.39 Å². The summed E-state index contributed by atoms with van der Waals surface area (Å²) >= 11 is 13.1. The number of nitrogens with two attached hydrogens (primary N) is 1. The van der Waals surface area contributed by atoms with Gasteiger partial charge in [0.15, 0.2) is 0 Å². The van der Waals surface area contributed by atoms with E-state index in [4.69, 9.17) is 29.0 Å². The van der Waals surface area contributed by atoms with E-state index in [1.54, 1.807) is 6.07 Å². The van der Waals surface area contributed by atoms with Crippen molar-refractivity contribution in [3.8, 4) is 0 Å². The predicted octanol–water partition coefficient (Wildman–Crippen LogP) is 3.14. The number of hydrogen-bond acceptors (Lipinski definition) is 4. The minimum absolute atomic E-state index is 0.430. The van der Waals surface area contributed by atoms with Crippen molar-refractivity contribution in [2.75, 3.05) is 0 Å². The van der Waals surface area contributed by atoms with Gasteiger partial charge in [0.1, 0.15) is 5.82 Å². The lowest BCUT2D eigenvalue weighted by Gasteiger charge is -2.15. The first kappa shape index (κ1) is 12.7. The Morgan fingerprint density at radius 3 is 2.65 bits per heavy atom. The second-order valence-corrected chi connectivity index (χ2v) is 5.60. The summed E-state index contributed by atoms with van der Waals surface area (Å²) in [6.45, 7) is 0. The first-order valence-corrected chi connectivity index (χ1v) is 6.20. The zero-order valence-electron chi connectivity index (χ0n) is 8.45. The average Bonchev–Trinajstić information content (AvgIpc) is 2.59. The zero-order chi connectivity index (χ0) is 12.4. The average molecular weight is 292 g/mol. The maximum absolute atomic E-state index is 13.1. The topological polar surface area (TPSA) is 50.9 Å². The Morgan fingerprint density at radius 1 is 1.35 bits per heavy atom. The normalized spacial score (nSPS) is 12.7. The Morgan fingerprint density at radius 2 is 2.12 bits per heavy atom. The van der Waals surface area contributed by atoms with Crippen molar-refractivity contribution in [2.24, 2.45) is 5.84 Å². The molecule has 2 rings (SSSR count). The molecule has 0 spiro atoms. The highest BCUT2D eigenvalue weighted by atomic mass is 35.5. The molecule has 0 aromatic carbocycles. The second kappa shape index (κ2) is 5.29. The third-order valence-corrected chi connectivity index (χ3v) is 3.74. The van der Waals surface area contributed by atoms with Crippen molar-refractivity contribution in [2.45, 2.75) is 6.04 Å². The lowest BCUT2D eigenvalue weighted by atomic mass is 10.0. The number of halogens is 3. The quantitative estimate of drug-likeness (QED) is 0.675. The molecule has 0 fully saturated rings. The molecule has 90 valence electrons. The Balaban J connectivity index is 2.43. The third-order valence-electron chi connectivity index (χ3n) is 2.22. The predicted molar refractivity (Wildman–Crippen MR) is 67.7 cm³/mol. The van der Waals surface area contributed by atoms with Gasteiger partial charge in [-0.1, -0.05) is 23.2 Å². The van der Waals surface area contributed by atoms with E-state index in [2.05, 4.69) is 10.4 Å². The molecule has 1 atom stereocenters. The fourth-order valence-corrected chi connectivity index (χ4v) is 3.03. The van der Waals surface area contributed by atoms with Crippen molar-refractivity contribution in [1.82, 2.24) is 10.4 Å². The van der Waals surface area contributed by atoms with Gasteiger partial charge in [0, 0.05) is 11.8 Å². The van der Waals surface area contributed by atoms with Gasteiger partial charge in [0.05, 0.1) is 20.9 Å². The van der Waals surface area contributed by atoms with E-state index < -0.39 is 11.9 Å². The van der Waals surface area contributed by atoms with Crippen LogP contribution in [0.5, 0.6) is 0 Å². The second-order valence-electron chi connectivity index (χ2n) is 3.32. The molecular weight excluding hydrogens is 284 g/mol. The van der Waals surface area contributed by atoms with Gasteiger partial charge in [-0.3, -0.25) is 10.8 Å². The number of hydrazine groups is 1. The molecular formula is C10H8Cl2FN3S. The Hall–Kier alpha value is -0.720. The largest absolute Gasteiger partial charge is 0.271 e. The molecule has 0 saturated heterocycles. The highest BCUT2D eigenvalue weighted by Gasteiger charge is 2.19. The van der Waals surface area contributed by atoms with Gasteiger partial charge in [-0.05, 0) is 17.7 Å². The number of nitrogens with one attached hydrogen (secondary N) is 1. The molecule has 17 heavy (non-hydrogen) atoms. The first-order chi connectivity index (χ1) is 8.11. The van der Waals surface area contributed by atoms with E-state index >= 15 is 0 Å². The standard InChI is InChI=1S/C10H8Cl2FN3S/c11-8-2-7(10(12)17-8)9(16-14)5-1-6(13)4-15-3-5/h1-4,9,16H,14H2. The zero-order valence-corrected chi connectivity index (χ0v) is 10.8. The Kier molecular flexibility index (Phi) is 3.96. The molecule has 2 aromatic heterocycles. The molecule has 2 heterocycles. The van der Waals surface area contributed by atoms with Crippen LogP contribution in [0, 0.1) is 5.82 Å². The summed E-state index contributed by atoms with van der Waals surface area (Å²) in [5.41, 5.74) is 3.86. The Bertz CT molecular complexity index is 532. The number of hydrogen-bond donors (Lipinski definition) is 2. The van der Waals surface area contributed by atoms with Gasteiger partial charge in [0.25, 0.3) is 0 Å². The van der Waals surface area contributed by atoms with Gasteiger partial charge in [0.2, 0.25) is 0 Å². The minimum Gasteiger partial charge on any atom is -0.271 e. The summed E-state index contributed by atoms with van der Waals surface area (Å²) in [4.78, 5) is 3.77. The molecule has 7 heteroatoms. The molecule has 3 nitrogen and oxygen atoms in total. The lowest BCUT2D eigenvalue weighted by Crippen LogP contribution is -2.28. The van der Waals surface area contributed by atoms with Crippen LogP contribution >= 0.6 is 34.5 Å². The summed E-state index contributed by atoms with van der Waals surface area (Å²) in [6.07, 6.45) is 2.65. The summed E-state index contributed by atoms with van der Waals surface area (Å²) in [7, 11) is 0. The van der Waals surface area contributed by atoms with E-state index in [0.29, 0.717) is 19.8 Å². The van der Waals surface area contributed by atoms with Crippen LogP contribution in [0.1, 0.15) is 17.2 Å². The number of rotatable bonds is 3. The lowest BCUT2D eigenvalue weighted by molar-refractivity contribution is 0.598. The molecule has 0 aliphatic carbocycles. The maximum Gasteiger partial charge on any atom is 0.141 e. The van der Waals surface area contributed by atoms with E-state index in [9.17, 15) is 4.39 Å². The van der Waals surface area contributed by atoms with Crippen LogP contribution in [-0.2, 0) is 0 Å². The van der Waals surface area contributed by atoms with Gasteiger partial charge >= 0.3 is 0 Å². The number of aromatic nitrogens is 1. The molecule has 3 N–H and O–H groups in total. The molecule has 0 aliphatic heterocycles. The Labute approximate surface area is 111 Å². The molecule has 0 radical (unpaired) electrons. The first-order valence-electron chi connectivity index (χ1n) is 4.63. The van der Waals surface area contributed by atoms with E-state index in [1.807, 2.05) is 0 Å². The van der Waals surface area contributed by atoms with Crippen molar-refractivity contribution in [3.05, 3.63) is 50.1 Å². The number of pyridine rings is 1. The van der Waals surface area contributed by atoms with Crippen LogP contribution in [0.15, 0.2) is 24.5 Å². The fraction of sp³-hybridized carbons (Fsp3) is 0.100. The minimum atomic E-state index is -0.436. The third kappa shape index (κ3) is 2.75. The monoisotopic (exact) mass is 291 g/mol. The summed E-state index contributed by atoms with van der Waals surface area (Å²) < 4.78 is 14.2. The summed E-state index contributed by atoms with van der Waals surface area (Å²) in [5, 5.41) is 0. The molecule has 0 aliphatic rings. The number of nitrogens with zero attached hydrogens (tertiary/aromatic N) is 1. The number of thiophene rings is 1. The van der Waals surface area contributed by atoms with Crippen molar-refractivity contribution >= 4 is 34.5 Å². The van der Waals surface area contributed by atoms with Crippen LogP contribution in [0.25, 0.3) is 0 Å². The van der Waals surface area contributed by atoms with Gasteiger partial charge in [-0.2, -0.15) is 0 Å². The van der Waals surface area contributed by atoms with Crippen LogP contribution < -0.4 is 11.3 Å². The summed E-state index contributed by atoms with van der Waals surface area (Å²) in [6, 6.07) is 2.61. The molecule has 0 bridgehead atoms. The van der Waals surface area contributed by atoms with Crippen molar-refractivity contribution in [3.63, 3.8) is 0 Å². The molecule has 2 aromatic rings. The van der Waals surface area contributed by atoms with E-state index in [1.165, 1.54) is 23.6 Å². The van der Waals surface area contributed by atoms with E-state index in [-0.39, 0.29) is 0 Å². The fourth-order valence-electron chi connectivity index (χ4n) is 1.50. The van der Waals surface area contributed by atoms with Crippen molar-refractivity contribution in [1.29, 1.82) is 0 Å². The molecule has 0 saturated carbocycles. The molecule has 1 unspecified atom stereocenters. The van der Waals surface area contributed by atoms with Crippen molar-refractivity contribution < 1.29 is 4.39 Å².